The maximum atomic E-state index is 12.4. The summed E-state index contributed by atoms with van der Waals surface area (Å²) in [4.78, 5) is 20.6. The third-order valence-electron chi connectivity index (χ3n) is 2.89. The highest BCUT2D eigenvalue weighted by atomic mass is 35.5. The third kappa shape index (κ3) is 4.60. The van der Waals surface area contributed by atoms with Gasteiger partial charge in [-0.05, 0) is 37.6 Å². The Morgan fingerprint density at radius 2 is 2.05 bits per heavy atom. The van der Waals surface area contributed by atoms with Crippen LogP contribution in [0.4, 0.5) is 5.69 Å². The number of halogens is 2. The van der Waals surface area contributed by atoms with Crippen molar-refractivity contribution < 1.29 is 4.79 Å². The molecule has 0 spiro atoms. The molecule has 22 heavy (non-hydrogen) atoms. The molecule has 1 atom stereocenters. The zero-order valence-corrected chi connectivity index (χ0v) is 14.5. The lowest BCUT2D eigenvalue weighted by atomic mass is 10.2. The lowest BCUT2D eigenvalue weighted by Crippen LogP contribution is -2.24. The molecule has 116 valence electrons. The number of hydrogen-bond donors (Lipinski definition) is 1. The number of carbonyl (C=O) groups excluding carboxylic acids is 1. The van der Waals surface area contributed by atoms with Gasteiger partial charge >= 0.3 is 0 Å². The minimum absolute atomic E-state index is 0.0952. The summed E-state index contributed by atoms with van der Waals surface area (Å²) in [5.41, 5.74) is 1.49. The van der Waals surface area contributed by atoms with E-state index in [1.807, 2.05) is 19.9 Å². The van der Waals surface area contributed by atoms with Crippen LogP contribution in [0.25, 0.3) is 0 Å². The number of aromatic nitrogens is 2. The highest BCUT2D eigenvalue weighted by Crippen LogP contribution is 2.27. The van der Waals surface area contributed by atoms with Gasteiger partial charge in [0.05, 0.1) is 15.3 Å². The highest BCUT2D eigenvalue weighted by Gasteiger charge is 2.19. The van der Waals surface area contributed by atoms with Gasteiger partial charge in [0.2, 0.25) is 5.91 Å². The second-order valence-electron chi connectivity index (χ2n) is 4.63. The molecule has 1 aromatic carbocycles. The van der Waals surface area contributed by atoms with Crippen LogP contribution in [0.2, 0.25) is 10.0 Å². The lowest BCUT2D eigenvalue weighted by molar-refractivity contribution is -0.115. The van der Waals surface area contributed by atoms with Gasteiger partial charge in [0, 0.05) is 11.4 Å². The van der Waals surface area contributed by atoms with Crippen LogP contribution >= 0.6 is 35.0 Å². The number of aryl methyl sites for hydroxylation is 1. The minimum Gasteiger partial charge on any atom is -0.325 e. The Bertz CT molecular complexity index is 682. The normalized spacial score (nSPS) is 12.0. The number of carbonyl (C=O) groups is 1. The number of anilines is 1. The van der Waals surface area contributed by atoms with E-state index in [0.717, 1.165) is 10.7 Å². The molecule has 0 radical (unpaired) electrons. The monoisotopic (exact) mass is 355 g/mol. The molecule has 0 unspecified atom stereocenters. The summed E-state index contributed by atoms with van der Waals surface area (Å²) in [6, 6.07) is 6.87. The molecular weight excluding hydrogens is 341 g/mol. The van der Waals surface area contributed by atoms with Crippen molar-refractivity contribution in [1.29, 1.82) is 0 Å². The van der Waals surface area contributed by atoms with Crippen molar-refractivity contribution in [2.75, 3.05) is 5.32 Å². The van der Waals surface area contributed by atoms with Crippen LogP contribution in [-0.2, 0) is 4.79 Å². The summed E-state index contributed by atoms with van der Waals surface area (Å²) >= 11 is 13.2. The van der Waals surface area contributed by atoms with E-state index in [9.17, 15) is 4.79 Å². The van der Waals surface area contributed by atoms with Gasteiger partial charge in [0.1, 0.15) is 11.4 Å². The number of rotatable bonds is 5. The predicted octanol–water partition coefficient (Wildman–Crippen LogP) is 4.60. The molecule has 1 heterocycles. The van der Waals surface area contributed by atoms with Crippen LogP contribution in [-0.4, -0.2) is 21.1 Å². The molecular formula is C15H15Cl2N3OS. The first-order valence-electron chi connectivity index (χ1n) is 6.70. The molecule has 0 bridgehead atoms. The second-order valence-corrected chi connectivity index (χ2v) is 6.67. The van der Waals surface area contributed by atoms with Gasteiger partial charge < -0.3 is 5.32 Å². The van der Waals surface area contributed by atoms with Crippen molar-refractivity contribution in [3.05, 3.63) is 46.3 Å². The zero-order chi connectivity index (χ0) is 16.1. The molecule has 2 aromatic rings. The molecule has 1 aromatic heterocycles. The standard InChI is InChI=1S/C15H15Cl2N3OS/c1-3-13(22-14-6-9(2)18-8-19-14)15(21)20-10-4-5-11(16)12(17)7-10/h4-8,13H,3H2,1-2H3,(H,20,21)/t13-/m0/s1. The van der Waals surface area contributed by atoms with Crippen molar-refractivity contribution in [1.82, 2.24) is 9.97 Å². The Morgan fingerprint density at radius 1 is 1.27 bits per heavy atom. The largest absolute Gasteiger partial charge is 0.325 e. The molecule has 1 N–H and O–H groups in total. The van der Waals surface area contributed by atoms with E-state index in [4.69, 9.17) is 23.2 Å². The SMILES string of the molecule is CC[C@H](Sc1cc(C)ncn1)C(=O)Nc1ccc(Cl)c(Cl)c1. The number of hydrogen-bond acceptors (Lipinski definition) is 4. The Hall–Kier alpha value is -1.30. The molecule has 0 saturated heterocycles. The molecule has 1 amide bonds. The molecule has 0 fully saturated rings. The maximum absolute atomic E-state index is 12.4. The first-order chi connectivity index (χ1) is 10.5. The molecule has 0 aliphatic heterocycles. The van der Waals surface area contributed by atoms with Crippen molar-refractivity contribution >= 4 is 46.6 Å². The smallest absolute Gasteiger partial charge is 0.237 e. The Kier molecular flexibility index (Phi) is 6.06. The summed E-state index contributed by atoms with van der Waals surface area (Å²) < 4.78 is 0. The van der Waals surface area contributed by atoms with E-state index in [-0.39, 0.29) is 11.2 Å². The second kappa shape index (κ2) is 7.81. The minimum atomic E-state index is -0.247. The van der Waals surface area contributed by atoms with E-state index in [1.54, 1.807) is 18.2 Å². The predicted molar refractivity (Wildman–Crippen MR) is 91.8 cm³/mol. The van der Waals surface area contributed by atoms with Gasteiger partial charge in [-0.25, -0.2) is 9.97 Å². The fourth-order valence-electron chi connectivity index (χ4n) is 1.76. The maximum Gasteiger partial charge on any atom is 0.237 e. The van der Waals surface area contributed by atoms with Crippen LogP contribution < -0.4 is 5.32 Å². The van der Waals surface area contributed by atoms with Crippen LogP contribution in [0.3, 0.4) is 0 Å². The fourth-order valence-corrected chi connectivity index (χ4v) is 3.03. The zero-order valence-electron chi connectivity index (χ0n) is 12.1. The quantitative estimate of drug-likeness (QED) is 0.628. The fraction of sp³-hybridized carbons (Fsp3) is 0.267. The Morgan fingerprint density at radius 3 is 2.68 bits per heavy atom. The molecule has 0 aliphatic rings. The first kappa shape index (κ1) is 17.1. The average Bonchev–Trinajstić information content (AvgIpc) is 2.48. The van der Waals surface area contributed by atoms with E-state index < -0.39 is 0 Å². The highest BCUT2D eigenvalue weighted by molar-refractivity contribution is 8.00. The van der Waals surface area contributed by atoms with Gasteiger partial charge in [-0.2, -0.15) is 0 Å². The summed E-state index contributed by atoms with van der Waals surface area (Å²) in [7, 11) is 0. The van der Waals surface area contributed by atoms with Gasteiger partial charge in [-0.1, -0.05) is 41.9 Å². The van der Waals surface area contributed by atoms with E-state index in [0.29, 0.717) is 22.2 Å². The molecule has 7 heteroatoms. The van der Waals surface area contributed by atoms with Crippen LogP contribution in [0.1, 0.15) is 19.0 Å². The Labute approximate surface area is 143 Å². The van der Waals surface area contributed by atoms with Crippen molar-refractivity contribution in [2.45, 2.75) is 30.5 Å². The van der Waals surface area contributed by atoms with E-state index in [2.05, 4.69) is 15.3 Å². The van der Waals surface area contributed by atoms with Crippen LogP contribution in [0.15, 0.2) is 35.6 Å². The Balaban J connectivity index is 2.06. The van der Waals surface area contributed by atoms with E-state index in [1.165, 1.54) is 18.1 Å². The van der Waals surface area contributed by atoms with Gasteiger partial charge in [-0.15, -0.1) is 0 Å². The molecule has 4 nitrogen and oxygen atoms in total. The van der Waals surface area contributed by atoms with Crippen LogP contribution in [0, 0.1) is 6.92 Å². The van der Waals surface area contributed by atoms with E-state index >= 15 is 0 Å². The summed E-state index contributed by atoms with van der Waals surface area (Å²) in [6.07, 6.45) is 2.18. The van der Waals surface area contributed by atoms with Crippen molar-refractivity contribution in [3.8, 4) is 0 Å². The van der Waals surface area contributed by atoms with Gasteiger partial charge in [0.15, 0.2) is 0 Å². The lowest BCUT2D eigenvalue weighted by Gasteiger charge is -2.14. The number of nitrogens with zero attached hydrogens (tertiary/aromatic N) is 2. The number of thioether (sulfide) groups is 1. The topological polar surface area (TPSA) is 54.9 Å². The van der Waals surface area contributed by atoms with Crippen molar-refractivity contribution in [3.63, 3.8) is 0 Å². The number of benzene rings is 1. The van der Waals surface area contributed by atoms with Gasteiger partial charge in [0.25, 0.3) is 0 Å². The number of amides is 1. The molecule has 0 aliphatic carbocycles. The molecule has 2 rings (SSSR count). The average molecular weight is 356 g/mol. The molecule has 0 saturated carbocycles. The van der Waals surface area contributed by atoms with Gasteiger partial charge in [-0.3, -0.25) is 4.79 Å². The first-order valence-corrected chi connectivity index (χ1v) is 8.34. The summed E-state index contributed by atoms with van der Waals surface area (Å²) in [5, 5.41) is 4.25. The summed E-state index contributed by atoms with van der Waals surface area (Å²) in [5.74, 6) is -0.0952. The summed E-state index contributed by atoms with van der Waals surface area (Å²) in [6.45, 7) is 3.85. The van der Waals surface area contributed by atoms with Crippen molar-refractivity contribution in [2.24, 2.45) is 0 Å². The third-order valence-corrected chi connectivity index (χ3v) is 4.93. The van der Waals surface area contributed by atoms with Crippen LogP contribution in [0.5, 0.6) is 0 Å². The number of nitrogens with one attached hydrogen (secondary N) is 1.